The molecular weight excluding hydrogens is 231 g/mol. The van der Waals surface area contributed by atoms with Gasteiger partial charge in [-0.2, -0.15) is 0 Å². The minimum atomic E-state index is -1.53. The predicted molar refractivity (Wildman–Crippen MR) is 56.5 cm³/mol. The van der Waals surface area contributed by atoms with E-state index in [4.69, 9.17) is 5.73 Å². The summed E-state index contributed by atoms with van der Waals surface area (Å²) >= 11 is 0. The van der Waals surface area contributed by atoms with E-state index in [0.29, 0.717) is 5.56 Å². The van der Waals surface area contributed by atoms with Crippen molar-refractivity contribution in [3.63, 3.8) is 0 Å². The molecular formula is C11H8F3N3. The molecule has 6 heteroatoms. The smallest absolute Gasteiger partial charge is 0.195 e. The summed E-state index contributed by atoms with van der Waals surface area (Å²) in [4.78, 5) is 7.53. The first kappa shape index (κ1) is 11.4. The molecule has 0 radical (unpaired) electrons. The molecule has 0 saturated heterocycles. The van der Waals surface area contributed by atoms with Gasteiger partial charge < -0.3 is 5.73 Å². The third-order valence-corrected chi connectivity index (χ3v) is 2.41. The molecule has 1 heterocycles. The molecule has 88 valence electrons. The molecule has 0 aliphatic heterocycles. The van der Waals surface area contributed by atoms with Crippen molar-refractivity contribution in [1.29, 1.82) is 0 Å². The zero-order valence-corrected chi connectivity index (χ0v) is 8.84. The largest absolute Gasteiger partial charge is 0.383 e. The third-order valence-electron chi connectivity index (χ3n) is 2.41. The lowest BCUT2D eigenvalue weighted by atomic mass is 10.1. The second kappa shape index (κ2) is 4.04. The zero-order chi connectivity index (χ0) is 12.6. The van der Waals surface area contributed by atoms with E-state index in [1.807, 2.05) is 0 Å². The van der Waals surface area contributed by atoms with Crippen molar-refractivity contribution >= 4 is 5.82 Å². The van der Waals surface area contributed by atoms with Crippen LogP contribution >= 0.6 is 0 Å². The molecule has 0 fully saturated rings. The molecule has 1 aromatic carbocycles. The van der Waals surface area contributed by atoms with Crippen molar-refractivity contribution < 1.29 is 13.2 Å². The molecule has 0 amide bonds. The van der Waals surface area contributed by atoms with Crippen molar-refractivity contribution in [2.45, 2.75) is 6.92 Å². The molecule has 0 spiro atoms. The van der Waals surface area contributed by atoms with E-state index >= 15 is 0 Å². The maximum atomic E-state index is 13.5. The topological polar surface area (TPSA) is 51.8 Å². The zero-order valence-electron chi connectivity index (χ0n) is 8.84. The fraction of sp³-hybridized carbons (Fsp3) is 0.0909. The number of nitrogens with two attached hydrogens (primary N) is 1. The Bertz CT molecular complexity index is 584. The van der Waals surface area contributed by atoms with Gasteiger partial charge in [0.25, 0.3) is 0 Å². The Kier molecular flexibility index (Phi) is 2.71. The van der Waals surface area contributed by atoms with Crippen LogP contribution in [0.15, 0.2) is 18.5 Å². The molecule has 0 aliphatic rings. The third kappa shape index (κ3) is 1.82. The Morgan fingerprint density at radius 1 is 1.06 bits per heavy atom. The van der Waals surface area contributed by atoms with E-state index in [1.165, 1.54) is 0 Å². The second-order valence-electron chi connectivity index (χ2n) is 3.46. The quantitative estimate of drug-likeness (QED) is 0.777. The first-order valence-electron chi connectivity index (χ1n) is 4.73. The van der Waals surface area contributed by atoms with E-state index in [1.54, 1.807) is 6.92 Å². The van der Waals surface area contributed by atoms with Gasteiger partial charge in [0.1, 0.15) is 12.1 Å². The van der Waals surface area contributed by atoms with Crippen LogP contribution in [0.1, 0.15) is 5.56 Å². The molecule has 0 aliphatic carbocycles. The van der Waals surface area contributed by atoms with Gasteiger partial charge in [0, 0.05) is 11.1 Å². The minimum Gasteiger partial charge on any atom is -0.383 e. The number of nitrogens with zero attached hydrogens (tertiary/aromatic N) is 2. The fourth-order valence-electron chi connectivity index (χ4n) is 1.44. The average molecular weight is 239 g/mol. The summed E-state index contributed by atoms with van der Waals surface area (Å²) in [5, 5.41) is 0. The van der Waals surface area contributed by atoms with Crippen LogP contribution in [0.4, 0.5) is 19.0 Å². The average Bonchev–Trinajstić information content (AvgIpc) is 2.31. The first-order chi connectivity index (χ1) is 8.02. The van der Waals surface area contributed by atoms with E-state index in [9.17, 15) is 13.2 Å². The summed E-state index contributed by atoms with van der Waals surface area (Å²) in [6.45, 7) is 1.57. The second-order valence-corrected chi connectivity index (χ2v) is 3.46. The lowest BCUT2D eigenvalue weighted by Crippen LogP contribution is -2.01. The van der Waals surface area contributed by atoms with Crippen molar-refractivity contribution in [3.8, 4) is 11.3 Å². The van der Waals surface area contributed by atoms with E-state index in [0.717, 1.165) is 18.5 Å². The number of nitrogen functional groups attached to an aromatic ring is 1. The summed E-state index contributed by atoms with van der Waals surface area (Å²) in [6.07, 6.45) is 1.14. The van der Waals surface area contributed by atoms with E-state index in [2.05, 4.69) is 9.97 Å². The molecule has 0 bridgehead atoms. The Labute approximate surface area is 95.1 Å². The number of hydrogen-bond acceptors (Lipinski definition) is 3. The van der Waals surface area contributed by atoms with Gasteiger partial charge in [-0.05, 0) is 19.1 Å². The molecule has 2 rings (SSSR count). The van der Waals surface area contributed by atoms with Gasteiger partial charge >= 0.3 is 0 Å². The Morgan fingerprint density at radius 3 is 2.47 bits per heavy atom. The van der Waals surface area contributed by atoms with Crippen molar-refractivity contribution in [1.82, 2.24) is 9.97 Å². The van der Waals surface area contributed by atoms with Crippen LogP contribution in [0.25, 0.3) is 11.3 Å². The molecule has 17 heavy (non-hydrogen) atoms. The maximum absolute atomic E-state index is 13.5. The van der Waals surface area contributed by atoms with Gasteiger partial charge in [-0.3, -0.25) is 0 Å². The number of benzene rings is 1. The highest BCUT2D eigenvalue weighted by Gasteiger charge is 2.17. The van der Waals surface area contributed by atoms with Gasteiger partial charge in [0.2, 0.25) is 0 Å². The summed E-state index contributed by atoms with van der Waals surface area (Å²) < 4.78 is 39.4. The Balaban J connectivity index is 2.69. The van der Waals surface area contributed by atoms with Crippen molar-refractivity contribution in [2.75, 3.05) is 5.73 Å². The summed E-state index contributed by atoms with van der Waals surface area (Å²) in [6, 6.07) is 1.95. The Hall–Kier alpha value is -2.11. The van der Waals surface area contributed by atoms with Crippen LogP contribution in [-0.4, -0.2) is 9.97 Å². The molecule has 2 N–H and O–H groups in total. The lowest BCUT2D eigenvalue weighted by molar-refractivity contribution is 0.448. The molecule has 0 saturated carbocycles. The SMILES string of the molecule is Cc1c(N)ncnc1-c1ccc(F)c(F)c1F. The highest BCUT2D eigenvalue weighted by atomic mass is 19.2. The van der Waals surface area contributed by atoms with Gasteiger partial charge in [-0.25, -0.2) is 23.1 Å². The predicted octanol–water partition coefficient (Wildman–Crippen LogP) is 2.45. The lowest BCUT2D eigenvalue weighted by Gasteiger charge is -2.08. The van der Waals surface area contributed by atoms with Crippen LogP contribution in [0.5, 0.6) is 0 Å². The minimum absolute atomic E-state index is 0.143. The van der Waals surface area contributed by atoms with Gasteiger partial charge in [0.15, 0.2) is 17.5 Å². The summed E-state index contributed by atoms with van der Waals surface area (Å²) in [5.41, 5.74) is 5.95. The van der Waals surface area contributed by atoms with Gasteiger partial charge in [-0.1, -0.05) is 0 Å². The molecule has 2 aromatic rings. The number of anilines is 1. The highest BCUT2D eigenvalue weighted by molar-refractivity contribution is 5.67. The Morgan fingerprint density at radius 2 is 1.76 bits per heavy atom. The van der Waals surface area contributed by atoms with Crippen LogP contribution in [0, 0.1) is 24.4 Å². The maximum Gasteiger partial charge on any atom is 0.195 e. The monoisotopic (exact) mass is 239 g/mol. The number of rotatable bonds is 1. The highest BCUT2D eigenvalue weighted by Crippen LogP contribution is 2.27. The number of hydrogen-bond donors (Lipinski definition) is 1. The molecule has 3 nitrogen and oxygen atoms in total. The van der Waals surface area contributed by atoms with Gasteiger partial charge in [0.05, 0.1) is 5.69 Å². The van der Waals surface area contributed by atoms with Crippen LogP contribution in [0.3, 0.4) is 0 Å². The van der Waals surface area contributed by atoms with E-state index < -0.39 is 17.5 Å². The van der Waals surface area contributed by atoms with E-state index in [-0.39, 0.29) is 17.1 Å². The molecule has 0 unspecified atom stereocenters. The van der Waals surface area contributed by atoms with Crippen LogP contribution in [-0.2, 0) is 0 Å². The molecule has 1 aromatic heterocycles. The van der Waals surface area contributed by atoms with Crippen molar-refractivity contribution in [2.24, 2.45) is 0 Å². The molecule has 0 atom stereocenters. The first-order valence-corrected chi connectivity index (χ1v) is 4.73. The van der Waals surface area contributed by atoms with Gasteiger partial charge in [-0.15, -0.1) is 0 Å². The van der Waals surface area contributed by atoms with Crippen LogP contribution in [0.2, 0.25) is 0 Å². The van der Waals surface area contributed by atoms with Crippen molar-refractivity contribution in [3.05, 3.63) is 41.5 Å². The number of halogens is 3. The summed E-state index contributed by atoms with van der Waals surface area (Å²) in [5.74, 6) is -3.89. The summed E-state index contributed by atoms with van der Waals surface area (Å²) in [7, 11) is 0. The normalized spacial score (nSPS) is 10.6. The standard InChI is InChI=1S/C11H8F3N3/c1-5-10(16-4-17-11(5)15)6-2-3-7(12)9(14)8(6)13/h2-4H,1H3,(H2,15,16,17). The fourth-order valence-corrected chi connectivity index (χ4v) is 1.44. The number of aromatic nitrogens is 2. The van der Waals surface area contributed by atoms with Crippen LogP contribution < -0.4 is 5.73 Å².